The predicted molar refractivity (Wildman–Crippen MR) is 123 cm³/mol. The number of thioether (sulfide) groups is 1. The second-order valence-electron chi connectivity index (χ2n) is 6.89. The maximum absolute atomic E-state index is 13.0. The monoisotopic (exact) mass is 444 g/mol. The Hall–Kier alpha value is -4.09. The second kappa shape index (κ2) is 8.96. The fourth-order valence-corrected chi connectivity index (χ4v) is 4.21. The summed E-state index contributed by atoms with van der Waals surface area (Å²) in [6.07, 6.45) is 6.95. The molecule has 0 saturated carbocycles. The van der Waals surface area contributed by atoms with Gasteiger partial charge >= 0.3 is 0 Å². The molecular weight excluding hydrogens is 428 g/mol. The summed E-state index contributed by atoms with van der Waals surface area (Å²) < 4.78 is 5.66. The molecule has 4 rings (SSSR count). The van der Waals surface area contributed by atoms with Gasteiger partial charge in [0.2, 0.25) is 0 Å². The number of carbonyl (C=O) groups is 2. The zero-order chi connectivity index (χ0) is 22.7. The smallest absolute Gasteiger partial charge is 0.293 e. The van der Waals surface area contributed by atoms with Crippen LogP contribution in [0.25, 0.3) is 16.8 Å². The maximum atomic E-state index is 13.0. The van der Waals surface area contributed by atoms with Crippen molar-refractivity contribution in [3.8, 4) is 18.1 Å². The average Bonchev–Trinajstić information content (AvgIpc) is 3.06. The minimum absolute atomic E-state index is 0.0559. The van der Waals surface area contributed by atoms with Gasteiger partial charge in [0.05, 0.1) is 16.4 Å². The molecule has 0 aromatic heterocycles. The number of benzene rings is 3. The lowest BCUT2D eigenvalue weighted by molar-refractivity contribution is -0.384. The number of hydrogen-bond acceptors (Lipinski definition) is 6. The molecule has 8 heteroatoms. The topological polar surface area (TPSA) is 89.8 Å². The van der Waals surface area contributed by atoms with E-state index in [4.69, 9.17) is 11.2 Å². The minimum Gasteiger partial charge on any atom is -0.480 e. The normalized spacial score (nSPS) is 14.7. The van der Waals surface area contributed by atoms with Gasteiger partial charge in [0.15, 0.2) is 0 Å². The highest BCUT2D eigenvalue weighted by molar-refractivity contribution is 8.18. The summed E-state index contributed by atoms with van der Waals surface area (Å²) in [6, 6.07) is 17.1. The molecule has 2 amide bonds. The number of nitrogens with zero attached hydrogens (tertiary/aromatic N) is 2. The highest BCUT2D eigenvalue weighted by Gasteiger charge is 2.35. The van der Waals surface area contributed by atoms with Crippen molar-refractivity contribution in [2.45, 2.75) is 6.54 Å². The lowest BCUT2D eigenvalue weighted by atomic mass is 10.0. The van der Waals surface area contributed by atoms with E-state index >= 15 is 0 Å². The SMILES string of the molecule is C#CCOc1ccc2ccccc2c1/C=C1/SC(=O)N(Cc2cccc([N+](=O)[O-])c2)C1=O. The van der Waals surface area contributed by atoms with Crippen LogP contribution in [0, 0.1) is 22.5 Å². The number of nitro groups is 1. The summed E-state index contributed by atoms with van der Waals surface area (Å²) in [5.74, 6) is 2.46. The highest BCUT2D eigenvalue weighted by Crippen LogP contribution is 2.37. The fraction of sp³-hybridized carbons (Fsp3) is 0.0833. The first-order valence-electron chi connectivity index (χ1n) is 9.54. The summed E-state index contributed by atoms with van der Waals surface area (Å²) >= 11 is 0.816. The number of non-ortho nitro benzene ring substituents is 1. The number of hydrogen-bond donors (Lipinski definition) is 0. The minimum atomic E-state index is -0.518. The summed E-state index contributed by atoms with van der Waals surface area (Å²) in [5, 5.41) is 12.4. The van der Waals surface area contributed by atoms with Crippen molar-refractivity contribution in [3.05, 3.63) is 86.8 Å². The molecule has 32 heavy (non-hydrogen) atoms. The average molecular weight is 444 g/mol. The zero-order valence-corrected chi connectivity index (χ0v) is 17.5. The molecule has 3 aromatic carbocycles. The van der Waals surface area contributed by atoms with Gasteiger partial charge in [0.1, 0.15) is 12.4 Å². The van der Waals surface area contributed by atoms with E-state index in [-0.39, 0.29) is 23.7 Å². The van der Waals surface area contributed by atoms with Crippen molar-refractivity contribution in [2.75, 3.05) is 6.61 Å². The molecule has 0 bridgehead atoms. The van der Waals surface area contributed by atoms with Crippen molar-refractivity contribution in [3.63, 3.8) is 0 Å². The molecule has 158 valence electrons. The third-order valence-electron chi connectivity index (χ3n) is 4.85. The van der Waals surface area contributed by atoms with E-state index in [1.54, 1.807) is 18.2 Å². The van der Waals surface area contributed by atoms with Gasteiger partial charge in [0, 0.05) is 17.7 Å². The van der Waals surface area contributed by atoms with E-state index in [1.807, 2.05) is 30.3 Å². The molecule has 0 aliphatic carbocycles. The standard InChI is InChI=1S/C24H16N2O5S/c1-2-12-31-21-11-10-17-7-3-4-9-19(17)20(21)14-22-23(27)25(24(28)32-22)15-16-6-5-8-18(13-16)26(29)30/h1,3-11,13-14H,12,15H2/b22-14+. The second-order valence-corrected chi connectivity index (χ2v) is 7.88. The van der Waals surface area contributed by atoms with Crippen LogP contribution >= 0.6 is 11.8 Å². The van der Waals surface area contributed by atoms with E-state index in [0.717, 1.165) is 27.4 Å². The molecule has 1 heterocycles. The molecule has 0 unspecified atom stereocenters. The Kier molecular flexibility index (Phi) is 5.92. The van der Waals surface area contributed by atoms with E-state index in [2.05, 4.69) is 5.92 Å². The van der Waals surface area contributed by atoms with Crippen LogP contribution in [-0.4, -0.2) is 27.6 Å². The number of rotatable bonds is 6. The molecule has 0 spiro atoms. The van der Waals surface area contributed by atoms with E-state index in [9.17, 15) is 19.7 Å². The van der Waals surface area contributed by atoms with E-state index < -0.39 is 16.1 Å². The Morgan fingerprint density at radius 2 is 1.94 bits per heavy atom. The Morgan fingerprint density at radius 1 is 1.12 bits per heavy atom. The van der Waals surface area contributed by atoms with Gasteiger partial charge in [-0.15, -0.1) is 6.42 Å². The molecule has 0 atom stereocenters. The van der Waals surface area contributed by atoms with Crippen molar-refractivity contribution < 1.29 is 19.2 Å². The first-order chi connectivity index (χ1) is 15.5. The predicted octanol–water partition coefficient (Wildman–Crippen LogP) is 5.00. The van der Waals surface area contributed by atoms with Gasteiger partial charge in [-0.1, -0.05) is 48.4 Å². The molecule has 1 aliphatic heterocycles. The third kappa shape index (κ3) is 4.19. The Balaban J connectivity index is 1.69. The molecule has 7 nitrogen and oxygen atoms in total. The molecule has 0 radical (unpaired) electrons. The van der Waals surface area contributed by atoms with Gasteiger partial charge < -0.3 is 4.74 Å². The van der Waals surface area contributed by atoms with Crippen LogP contribution < -0.4 is 4.74 Å². The van der Waals surface area contributed by atoms with Crippen molar-refractivity contribution in [1.82, 2.24) is 4.90 Å². The number of nitro benzene ring substituents is 1. The number of carbonyl (C=O) groups excluding carboxylic acids is 2. The van der Waals surface area contributed by atoms with Crippen LogP contribution in [0.5, 0.6) is 5.75 Å². The number of amides is 2. The fourth-order valence-electron chi connectivity index (χ4n) is 3.39. The molecule has 1 saturated heterocycles. The van der Waals surface area contributed by atoms with Crippen LogP contribution in [0.2, 0.25) is 0 Å². The van der Waals surface area contributed by atoms with Gasteiger partial charge in [0.25, 0.3) is 16.8 Å². The van der Waals surface area contributed by atoms with Gasteiger partial charge in [-0.05, 0) is 40.2 Å². The van der Waals surface area contributed by atoms with Crippen LogP contribution in [0.4, 0.5) is 10.5 Å². The molecule has 1 fully saturated rings. The highest BCUT2D eigenvalue weighted by atomic mass is 32.2. The first kappa shape index (κ1) is 21.2. The largest absolute Gasteiger partial charge is 0.480 e. The Morgan fingerprint density at radius 3 is 2.72 bits per heavy atom. The number of ether oxygens (including phenoxy) is 1. The maximum Gasteiger partial charge on any atom is 0.293 e. The van der Waals surface area contributed by atoms with Crippen molar-refractivity contribution in [1.29, 1.82) is 0 Å². The number of imide groups is 1. The van der Waals surface area contributed by atoms with Gasteiger partial charge in [-0.2, -0.15) is 0 Å². The Bertz CT molecular complexity index is 1330. The molecule has 1 aliphatic rings. The van der Waals surface area contributed by atoms with E-state index in [0.29, 0.717) is 16.9 Å². The lowest BCUT2D eigenvalue weighted by Gasteiger charge is -2.13. The first-order valence-corrected chi connectivity index (χ1v) is 10.4. The zero-order valence-electron chi connectivity index (χ0n) is 16.7. The summed E-state index contributed by atoms with van der Waals surface area (Å²) in [7, 11) is 0. The number of fused-ring (bicyclic) bond motifs is 1. The van der Waals surface area contributed by atoms with Crippen molar-refractivity contribution >= 4 is 45.4 Å². The van der Waals surface area contributed by atoms with Gasteiger partial charge in [-0.25, -0.2) is 0 Å². The summed E-state index contributed by atoms with van der Waals surface area (Å²) in [4.78, 5) is 37.4. The Labute approximate surface area is 187 Å². The molecular formula is C24H16N2O5S. The quantitative estimate of drug-likeness (QED) is 0.230. The van der Waals surface area contributed by atoms with Crippen LogP contribution in [-0.2, 0) is 11.3 Å². The summed E-state index contributed by atoms with van der Waals surface area (Å²) in [6.45, 7) is 0.00706. The van der Waals surface area contributed by atoms with Crippen LogP contribution in [0.15, 0.2) is 65.6 Å². The lowest BCUT2D eigenvalue weighted by Crippen LogP contribution is -2.27. The third-order valence-corrected chi connectivity index (χ3v) is 5.76. The van der Waals surface area contributed by atoms with Gasteiger partial charge in [-0.3, -0.25) is 24.6 Å². The molecule has 3 aromatic rings. The summed E-state index contributed by atoms with van der Waals surface area (Å²) in [5.41, 5.74) is 1.04. The van der Waals surface area contributed by atoms with Crippen LogP contribution in [0.1, 0.15) is 11.1 Å². The number of terminal acetylenes is 1. The van der Waals surface area contributed by atoms with Crippen molar-refractivity contribution in [2.24, 2.45) is 0 Å². The van der Waals surface area contributed by atoms with E-state index in [1.165, 1.54) is 18.2 Å². The van der Waals surface area contributed by atoms with Crippen LogP contribution in [0.3, 0.4) is 0 Å². The molecule has 0 N–H and O–H groups in total.